The van der Waals surface area contributed by atoms with E-state index in [2.05, 4.69) is 17.0 Å². The summed E-state index contributed by atoms with van der Waals surface area (Å²) in [6.45, 7) is 5.85. The van der Waals surface area contributed by atoms with E-state index in [-0.39, 0.29) is 23.4 Å². The predicted molar refractivity (Wildman–Crippen MR) is 98.4 cm³/mol. The number of hydrogen-bond acceptors (Lipinski definition) is 4. The predicted octanol–water partition coefficient (Wildman–Crippen LogP) is 1.64. The van der Waals surface area contributed by atoms with Gasteiger partial charge in [0.2, 0.25) is 15.9 Å². The molecule has 0 unspecified atom stereocenters. The highest BCUT2D eigenvalue weighted by atomic mass is 32.2. The standard InChI is InChI=1S/C18H22N4O3S/c1-3-18(23)20-15-8-7-11-21(13-15)26(24,25)17-12-19-22(14(17)2)16-9-5-4-6-10-16/h3-6,9-10,12,15H,1,7-8,11,13H2,2H3,(H,20,23)/t15-/m0/s1. The molecule has 2 aromatic rings. The normalized spacial score (nSPS) is 18.4. The molecule has 1 N–H and O–H groups in total. The lowest BCUT2D eigenvalue weighted by molar-refractivity contribution is -0.117. The van der Waals surface area contributed by atoms with Crippen molar-refractivity contribution in [1.29, 1.82) is 0 Å². The Balaban J connectivity index is 1.85. The molecule has 0 spiro atoms. The van der Waals surface area contributed by atoms with Crippen LogP contribution in [0.5, 0.6) is 0 Å². The number of nitrogens with zero attached hydrogens (tertiary/aromatic N) is 3. The first-order chi connectivity index (χ1) is 12.4. The lowest BCUT2D eigenvalue weighted by Gasteiger charge is -2.32. The van der Waals surface area contributed by atoms with Crippen LogP contribution < -0.4 is 5.32 Å². The molecule has 1 amide bonds. The Morgan fingerprint density at radius 3 is 2.77 bits per heavy atom. The van der Waals surface area contributed by atoms with Gasteiger partial charge in [0, 0.05) is 19.1 Å². The van der Waals surface area contributed by atoms with Crippen LogP contribution in [0.25, 0.3) is 5.69 Å². The van der Waals surface area contributed by atoms with E-state index in [0.717, 1.165) is 12.1 Å². The highest BCUT2D eigenvalue weighted by Crippen LogP contribution is 2.24. The van der Waals surface area contributed by atoms with Crippen molar-refractivity contribution in [3.05, 3.63) is 54.9 Å². The number of carbonyl (C=O) groups excluding carboxylic acids is 1. The van der Waals surface area contributed by atoms with Crippen molar-refractivity contribution in [3.8, 4) is 5.69 Å². The van der Waals surface area contributed by atoms with Crippen molar-refractivity contribution in [2.75, 3.05) is 13.1 Å². The Bertz CT molecular complexity index is 906. The summed E-state index contributed by atoms with van der Waals surface area (Å²) in [6, 6.07) is 9.18. The first-order valence-corrected chi connectivity index (χ1v) is 9.90. The number of piperidine rings is 1. The maximum Gasteiger partial charge on any atom is 0.246 e. The zero-order valence-corrected chi connectivity index (χ0v) is 15.4. The van der Waals surface area contributed by atoms with Crippen LogP contribution in [-0.4, -0.2) is 47.5 Å². The Morgan fingerprint density at radius 2 is 2.08 bits per heavy atom. The van der Waals surface area contributed by atoms with Crippen LogP contribution in [0.4, 0.5) is 0 Å². The van der Waals surface area contributed by atoms with Crippen molar-refractivity contribution < 1.29 is 13.2 Å². The fourth-order valence-electron chi connectivity index (χ4n) is 3.16. The summed E-state index contributed by atoms with van der Waals surface area (Å²) in [7, 11) is -3.68. The third kappa shape index (κ3) is 3.56. The number of benzene rings is 1. The number of aromatic nitrogens is 2. The number of carbonyl (C=O) groups is 1. The van der Waals surface area contributed by atoms with Gasteiger partial charge >= 0.3 is 0 Å². The van der Waals surface area contributed by atoms with Crippen molar-refractivity contribution in [2.24, 2.45) is 0 Å². The van der Waals surface area contributed by atoms with Gasteiger partial charge in [-0.1, -0.05) is 24.8 Å². The second-order valence-electron chi connectivity index (χ2n) is 6.26. The topological polar surface area (TPSA) is 84.3 Å². The van der Waals surface area contributed by atoms with Crippen molar-refractivity contribution in [3.63, 3.8) is 0 Å². The Labute approximate surface area is 153 Å². The zero-order chi connectivity index (χ0) is 18.7. The van der Waals surface area contributed by atoms with Gasteiger partial charge < -0.3 is 5.32 Å². The molecule has 1 aromatic carbocycles. The second kappa shape index (κ2) is 7.43. The molecule has 1 aliphatic rings. The van der Waals surface area contributed by atoms with Crippen LogP contribution in [0, 0.1) is 6.92 Å². The molecule has 7 nitrogen and oxygen atoms in total. The number of amides is 1. The maximum atomic E-state index is 13.1. The molecule has 1 saturated heterocycles. The summed E-state index contributed by atoms with van der Waals surface area (Å²) < 4.78 is 29.2. The molecule has 0 aliphatic carbocycles. The van der Waals surface area contributed by atoms with Crippen LogP contribution >= 0.6 is 0 Å². The largest absolute Gasteiger partial charge is 0.349 e. The van der Waals surface area contributed by atoms with Crippen molar-refractivity contribution >= 4 is 15.9 Å². The molecule has 2 heterocycles. The fourth-order valence-corrected chi connectivity index (χ4v) is 4.82. The third-order valence-corrected chi connectivity index (χ3v) is 6.47. The van der Waals surface area contributed by atoms with Gasteiger partial charge in [0.05, 0.1) is 17.6 Å². The maximum absolute atomic E-state index is 13.1. The second-order valence-corrected chi connectivity index (χ2v) is 8.16. The van der Waals surface area contributed by atoms with Crippen LogP contribution in [0.1, 0.15) is 18.5 Å². The van der Waals surface area contributed by atoms with E-state index in [1.165, 1.54) is 16.6 Å². The van der Waals surface area contributed by atoms with Crippen LogP contribution in [-0.2, 0) is 14.8 Å². The number of rotatable bonds is 5. The minimum absolute atomic E-state index is 0.192. The number of nitrogens with one attached hydrogen (secondary N) is 1. The average molecular weight is 374 g/mol. The van der Waals surface area contributed by atoms with Gasteiger partial charge in [-0.2, -0.15) is 9.40 Å². The van der Waals surface area contributed by atoms with E-state index >= 15 is 0 Å². The SMILES string of the molecule is C=CC(=O)N[C@H]1CCCN(S(=O)(=O)c2cnn(-c3ccccc3)c2C)C1. The molecule has 0 radical (unpaired) electrons. The smallest absolute Gasteiger partial charge is 0.246 e. The molecular formula is C18H22N4O3S. The first kappa shape index (κ1) is 18.3. The van der Waals surface area contributed by atoms with E-state index in [4.69, 9.17) is 0 Å². The number of sulfonamides is 1. The fraction of sp³-hybridized carbons (Fsp3) is 0.333. The summed E-state index contributed by atoms with van der Waals surface area (Å²) in [4.78, 5) is 11.7. The van der Waals surface area contributed by atoms with Gasteiger partial charge in [-0.25, -0.2) is 13.1 Å². The van der Waals surface area contributed by atoms with E-state index in [1.54, 1.807) is 11.6 Å². The molecule has 138 valence electrons. The van der Waals surface area contributed by atoms with Gasteiger partial charge in [0.1, 0.15) is 4.90 Å². The van der Waals surface area contributed by atoms with Crippen LogP contribution in [0.15, 0.2) is 54.1 Å². The van der Waals surface area contributed by atoms with Crippen LogP contribution in [0.3, 0.4) is 0 Å². The minimum atomic E-state index is -3.68. The Morgan fingerprint density at radius 1 is 1.35 bits per heavy atom. The van der Waals surface area contributed by atoms with Gasteiger partial charge in [-0.3, -0.25) is 4.79 Å². The average Bonchev–Trinajstić information content (AvgIpc) is 3.04. The highest BCUT2D eigenvalue weighted by Gasteiger charge is 2.33. The Hall–Kier alpha value is -2.45. The summed E-state index contributed by atoms with van der Waals surface area (Å²) in [5, 5.41) is 7.04. The minimum Gasteiger partial charge on any atom is -0.349 e. The molecular weight excluding hydrogens is 352 g/mol. The lowest BCUT2D eigenvalue weighted by atomic mass is 10.1. The molecule has 8 heteroatoms. The van der Waals surface area contributed by atoms with Crippen molar-refractivity contribution in [1.82, 2.24) is 19.4 Å². The Kier molecular flexibility index (Phi) is 5.24. The number of hydrogen-bond donors (Lipinski definition) is 1. The molecule has 1 atom stereocenters. The summed E-state index contributed by atoms with van der Waals surface area (Å²) in [5.41, 5.74) is 1.37. The van der Waals surface area contributed by atoms with Gasteiger partial charge in [-0.05, 0) is 38.0 Å². The van der Waals surface area contributed by atoms with Crippen LogP contribution in [0.2, 0.25) is 0 Å². The summed E-state index contributed by atoms with van der Waals surface area (Å²) in [5.74, 6) is -0.290. The zero-order valence-electron chi connectivity index (χ0n) is 14.6. The molecule has 0 saturated carbocycles. The van der Waals surface area contributed by atoms with E-state index in [0.29, 0.717) is 18.7 Å². The van der Waals surface area contributed by atoms with Crippen molar-refractivity contribution in [2.45, 2.75) is 30.7 Å². The lowest BCUT2D eigenvalue weighted by Crippen LogP contribution is -2.49. The monoisotopic (exact) mass is 374 g/mol. The molecule has 3 rings (SSSR count). The van der Waals surface area contributed by atoms with E-state index in [9.17, 15) is 13.2 Å². The van der Waals surface area contributed by atoms with Gasteiger partial charge in [0.25, 0.3) is 0 Å². The molecule has 1 aliphatic heterocycles. The summed E-state index contributed by atoms with van der Waals surface area (Å²) in [6.07, 6.45) is 4.02. The van der Waals surface area contributed by atoms with E-state index < -0.39 is 10.0 Å². The highest BCUT2D eigenvalue weighted by molar-refractivity contribution is 7.89. The summed E-state index contributed by atoms with van der Waals surface area (Å²) >= 11 is 0. The molecule has 0 bridgehead atoms. The molecule has 1 fully saturated rings. The van der Waals surface area contributed by atoms with E-state index in [1.807, 2.05) is 30.3 Å². The first-order valence-electron chi connectivity index (χ1n) is 8.46. The molecule has 26 heavy (non-hydrogen) atoms. The van der Waals surface area contributed by atoms with Gasteiger partial charge in [0.15, 0.2) is 0 Å². The van der Waals surface area contributed by atoms with Gasteiger partial charge in [-0.15, -0.1) is 0 Å². The molecule has 1 aromatic heterocycles. The third-order valence-electron chi connectivity index (χ3n) is 4.50. The quantitative estimate of drug-likeness (QED) is 0.807. The number of para-hydroxylation sites is 1.